The monoisotopic (exact) mass is 257 g/mol. The first-order chi connectivity index (χ1) is 8.38. The smallest absolute Gasteiger partial charge is 0.312 e. The molecule has 0 fully saturated rings. The lowest BCUT2D eigenvalue weighted by Crippen LogP contribution is -2.41. The maximum Gasteiger partial charge on any atom is 0.312 e. The summed E-state index contributed by atoms with van der Waals surface area (Å²) >= 11 is 0. The summed E-state index contributed by atoms with van der Waals surface area (Å²) < 4.78 is 0. The number of nitrogens with one attached hydrogen (secondary N) is 2. The van der Waals surface area contributed by atoms with E-state index in [1.165, 1.54) is 0 Å². The van der Waals surface area contributed by atoms with E-state index >= 15 is 0 Å². The molecule has 0 aromatic carbocycles. The van der Waals surface area contributed by atoms with E-state index in [1.54, 1.807) is 0 Å². The maximum absolute atomic E-state index is 11.7. The zero-order chi connectivity index (χ0) is 14.1. The first-order valence-electron chi connectivity index (χ1n) is 6.17. The molecule has 0 saturated heterocycles. The van der Waals surface area contributed by atoms with E-state index < -0.39 is 12.1 Å². The Morgan fingerprint density at radius 1 is 1.28 bits per heavy atom. The van der Waals surface area contributed by atoms with E-state index in [1.807, 2.05) is 20.8 Å². The Bertz CT molecular complexity index is 292. The molecule has 4 N–H and O–H groups in total. The van der Waals surface area contributed by atoms with Crippen LogP contribution in [0.25, 0.3) is 0 Å². The Hall–Kier alpha value is -1.59. The van der Waals surface area contributed by atoms with Crippen molar-refractivity contribution in [3.63, 3.8) is 0 Å². The van der Waals surface area contributed by atoms with Gasteiger partial charge in [0, 0.05) is 12.5 Å². The predicted octanol–water partition coefficient (Wildman–Crippen LogP) is 0.411. The number of hydrogen-bond acceptors (Lipinski definition) is 3. The molecule has 0 aromatic rings. The van der Waals surface area contributed by atoms with Crippen molar-refractivity contribution in [1.82, 2.24) is 10.6 Å². The SMILES string of the molecule is CC(C)[C@H](C)C(=O)NC(C=O)CCCNC(N)=O. The summed E-state index contributed by atoms with van der Waals surface area (Å²) in [4.78, 5) is 33.0. The normalized spacial score (nSPS) is 13.8. The topological polar surface area (TPSA) is 101 Å². The summed E-state index contributed by atoms with van der Waals surface area (Å²) in [6.45, 7) is 6.14. The molecule has 0 rings (SSSR count). The van der Waals surface area contributed by atoms with E-state index in [0.717, 1.165) is 6.29 Å². The predicted molar refractivity (Wildman–Crippen MR) is 68.8 cm³/mol. The van der Waals surface area contributed by atoms with Gasteiger partial charge in [-0.05, 0) is 18.8 Å². The van der Waals surface area contributed by atoms with Gasteiger partial charge in [-0.3, -0.25) is 4.79 Å². The molecule has 2 atom stereocenters. The number of primary amides is 1. The summed E-state index contributed by atoms with van der Waals surface area (Å²) in [7, 11) is 0. The molecule has 1 unspecified atom stereocenters. The molecule has 104 valence electrons. The molecule has 0 saturated carbocycles. The Morgan fingerprint density at radius 2 is 1.89 bits per heavy atom. The van der Waals surface area contributed by atoms with Crippen LogP contribution >= 0.6 is 0 Å². The van der Waals surface area contributed by atoms with Crippen molar-refractivity contribution in [2.24, 2.45) is 17.6 Å². The van der Waals surface area contributed by atoms with Gasteiger partial charge < -0.3 is 21.2 Å². The number of rotatable bonds is 8. The average Bonchev–Trinajstić information content (AvgIpc) is 2.31. The van der Waals surface area contributed by atoms with Crippen LogP contribution in [0.4, 0.5) is 4.79 Å². The zero-order valence-electron chi connectivity index (χ0n) is 11.2. The van der Waals surface area contributed by atoms with E-state index in [9.17, 15) is 14.4 Å². The van der Waals surface area contributed by atoms with E-state index in [2.05, 4.69) is 10.6 Å². The van der Waals surface area contributed by atoms with Gasteiger partial charge in [0.05, 0.1) is 6.04 Å². The van der Waals surface area contributed by atoms with Crippen molar-refractivity contribution >= 4 is 18.2 Å². The minimum atomic E-state index is -0.588. The number of carbonyl (C=O) groups excluding carboxylic acids is 3. The quantitative estimate of drug-likeness (QED) is 0.433. The van der Waals surface area contributed by atoms with E-state index in [0.29, 0.717) is 19.4 Å². The van der Waals surface area contributed by atoms with Crippen LogP contribution in [0, 0.1) is 11.8 Å². The molecular formula is C12H23N3O3. The summed E-state index contributed by atoms with van der Waals surface area (Å²) in [5.74, 6) is -0.0185. The van der Waals surface area contributed by atoms with Crippen molar-refractivity contribution in [3.8, 4) is 0 Å². The van der Waals surface area contributed by atoms with Crippen molar-refractivity contribution in [3.05, 3.63) is 0 Å². The minimum absolute atomic E-state index is 0.120. The van der Waals surface area contributed by atoms with Gasteiger partial charge in [0.1, 0.15) is 6.29 Å². The van der Waals surface area contributed by atoms with Gasteiger partial charge in [0.25, 0.3) is 0 Å². The number of hydrogen-bond donors (Lipinski definition) is 3. The lowest BCUT2D eigenvalue weighted by atomic mass is 9.97. The fourth-order valence-electron chi connectivity index (χ4n) is 1.32. The molecule has 0 radical (unpaired) electrons. The second-order valence-electron chi connectivity index (χ2n) is 4.72. The number of urea groups is 1. The van der Waals surface area contributed by atoms with Crippen LogP contribution in [-0.4, -0.2) is 30.8 Å². The number of carbonyl (C=O) groups is 3. The Kier molecular flexibility index (Phi) is 7.74. The molecule has 3 amide bonds. The lowest BCUT2D eigenvalue weighted by Gasteiger charge is -2.18. The molecular weight excluding hydrogens is 234 g/mol. The van der Waals surface area contributed by atoms with Crippen LogP contribution in [0.15, 0.2) is 0 Å². The Labute approximate surface area is 108 Å². The molecule has 0 aliphatic rings. The van der Waals surface area contributed by atoms with E-state index in [-0.39, 0.29) is 17.7 Å². The van der Waals surface area contributed by atoms with Crippen LogP contribution in [-0.2, 0) is 9.59 Å². The van der Waals surface area contributed by atoms with Crippen molar-refractivity contribution in [2.75, 3.05) is 6.54 Å². The van der Waals surface area contributed by atoms with Gasteiger partial charge in [-0.1, -0.05) is 20.8 Å². The van der Waals surface area contributed by atoms with Crippen LogP contribution < -0.4 is 16.4 Å². The van der Waals surface area contributed by atoms with Crippen molar-refractivity contribution < 1.29 is 14.4 Å². The maximum atomic E-state index is 11.7. The molecule has 6 nitrogen and oxygen atoms in total. The highest BCUT2D eigenvalue weighted by molar-refractivity contribution is 5.81. The van der Waals surface area contributed by atoms with Gasteiger partial charge >= 0.3 is 6.03 Å². The molecule has 0 aliphatic heterocycles. The van der Waals surface area contributed by atoms with Gasteiger partial charge in [-0.15, -0.1) is 0 Å². The zero-order valence-corrected chi connectivity index (χ0v) is 11.2. The van der Waals surface area contributed by atoms with Crippen molar-refractivity contribution in [1.29, 1.82) is 0 Å². The second kappa shape index (κ2) is 8.49. The third-order valence-electron chi connectivity index (χ3n) is 2.90. The van der Waals surface area contributed by atoms with E-state index in [4.69, 9.17) is 5.73 Å². The molecule has 0 aliphatic carbocycles. The first-order valence-corrected chi connectivity index (χ1v) is 6.17. The third-order valence-corrected chi connectivity index (χ3v) is 2.90. The molecule has 0 heterocycles. The fourth-order valence-corrected chi connectivity index (χ4v) is 1.32. The first kappa shape index (κ1) is 16.4. The van der Waals surface area contributed by atoms with Gasteiger partial charge in [0.15, 0.2) is 0 Å². The van der Waals surface area contributed by atoms with Gasteiger partial charge in [-0.2, -0.15) is 0 Å². The Balaban J connectivity index is 4.00. The van der Waals surface area contributed by atoms with Gasteiger partial charge in [-0.25, -0.2) is 4.79 Å². The number of aldehydes is 1. The number of nitrogens with two attached hydrogens (primary N) is 1. The highest BCUT2D eigenvalue weighted by atomic mass is 16.2. The molecule has 0 aromatic heterocycles. The molecule has 0 spiro atoms. The average molecular weight is 257 g/mol. The summed E-state index contributed by atoms with van der Waals surface area (Å²) in [5.41, 5.74) is 4.91. The van der Waals surface area contributed by atoms with Crippen LogP contribution in [0.2, 0.25) is 0 Å². The summed E-state index contributed by atoms with van der Waals surface area (Å²) in [5, 5.41) is 5.11. The van der Waals surface area contributed by atoms with Crippen LogP contribution in [0.5, 0.6) is 0 Å². The fraction of sp³-hybridized carbons (Fsp3) is 0.750. The van der Waals surface area contributed by atoms with Crippen LogP contribution in [0.1, 0.15) is 33.6 Å². The van der Waals surface area contributed by atoms with Gasteiger partial charge in [0.2, 0.25) is 5.91 Å². The van der Waals surface area contributed by atoms with Crippen molar-refractivity contribution in [2.45, 2.75) is 39.7 Å². The standard InChI is InChI=1S/C12H23N3O3/c1-8(2)9(3)11(17)15-10(7-16)5-4-6-14-12(13)18/h7-10H,4-6H2,1-3H3,(H,15,17)(H3,13,14,18)/t9-,10?/m0/s1. The largest absolute Gasteiger partial charge is 0.352 e. The van der Waals surface area contributed by atoms with Crippen LogP contribution in [0.3, 0.4) is 0 Å². The molecule has 18 heavy (non-hydrogen) atoms. The minimum Gasteiger partial charge on any atom is -0.352 e. The lowest BCUT2D eigenvalue weighted by molar-refractivity contribution is -0.128. The second-order valence-corrected chi connectivity index (χ2v) is 4.72. The molecule has 6 heteroatoms. The number of amides is 3. The molecule has 0 bridgehead atoms. The highest BCUT2D eigenvalue weighted by Crippen LogP contribution is 2.09. The third kappa shape index (κ3) is 6.88. The Morgan fingerprint density at radius 3 is 2.33 bits per heavy atom. The summed E-state index contributed by atoms with van der Waals surface area (Å²) in [6.07, 6.45) is 1.79. The highest BCUT2D eigenvalue weighted by Gasteiger charge is 2.19. The summed E-state index contributed by atoms with van der Waals surface area (Å²) in [6, 6.07) is -1.09.